The molecule has 1 N–H and O–H groups in total. The summed E-state index contributed by atoms with van der Waals surface area (Å²) in [5.74, 6) is -1.70. The third-order valence-electron chi connectivity index (χ3n) is 1.48. The number of aromatic hydroxyl groups is 1. The molecule has 0 aliphatic carbocycles. The molecule has 1 aromatic rings. The molecular formula is C9H7F3O3. The van der Waals surface area contributed by atoms with Crippen LogP contribution in [0.1, 0.15) is 12.5 Å². The Morgan fingerprint density at radius 1 is 1.33 bits per heavy atom. The van der Waals surface area contributed by atoms with Crippen LogP contribution in [0.2, 0.25) is 0 Å². The van der Waals surface area contributed by atoms with Gasteiger partial charge in [0.15, 0.2) is 0 Å². The fourth-order valence-electron chi connectivity index (χ4n) is 0.972. The minimum absolute atomic E-state index is 0.338. The van der Waals surface area contributed by atoms with Crippen LogP contribution in [0, 0.1) is 0 Å². The zero-order chi connectivity index (χ0) is 11.6. The monoisotopic (exact) mass is 220 g/mol. The summed E-state index contributed by atoms with van der Waals surface area (Å²) in [6, 6.07) is 2.12. The molecule has 0 unspecified atom stereocenters. The first-order chi connectivity index (χ1) is 6.79. The van der Waals surface area contributed by atoms with E-state index in [-0.39, 0.29) is 5.75 Å². The fourth-order valence-corrected chi connectivity index (χ4v) is 0.972. The lowest BCUT2D eigenvalue weighted by molar-refractivity contribution is -0.138. The minimum atomic E-state index is -4.59. The molecule has 6 heteroatoms. The quantitative estimate of drug-likeness (QED) is 0.583. The third-order valence-corrected chi connectivity index (χ3v) is 1.48. The number of rotatable bonds is 1. The first-order valence-electron chi connectivity index (χ1n) is 3.88. The summed E-state index contributed by atoms with van der Waals surface area (Å²) < 4.78 is 41.1. The number of carbonyl (C=O) groups excluding carboxylic acids is 1. The van der Waals surface area contributed by atoms with Gasteiger partial charge in [-0.1, -0.05) is 0 Å². The SMILES string of the molecule is CC(=O)Oc1cc(O)cc(C(F)(F)F)c1. The van der Waals surface area contributed by atoms with Crippen molar-refractivity contribution in [2.45, 2.75) is 13.1 Å². The lowest BCUT2D eigenvalue weighted by Gasteiger charge is -2.09. The van der Waals surface area contributed by atoms with Gasteiger partial charge in [-0.3, -0.25) is 4.79 Å². The van der Waals surface area contributed by atoms with Crippen LogP contribution >= 0.6 is 0 Å². The normalized spacial score (nSPS) is 11.2. The number of ether oxygens (including phenoxy) is 1. The van der Waals surface area contributed by atoms with Crippen LogP contribution in [0.25, 0.3) is 0 Å². The van der Waals surface area contributed by atoms with Crippen molar-refractivity contribution in [3.63, 3.8) is 0 Å². The van der Waals surface area contributed by atoms with E-state index < -0.39 is 23.5 Å². The lowest BCUT2D eigenvalue weighted by atomic mass is 10.2. The zero-order valence-electron chi connectivity index (χ0n) is 7.63. The van der Waals surface area contributed by atoms with E-state index in [1.165, 1.54) is 0 Å². The molecule has 15 heavy (non-hydrogen) atoms. The van der Waals surface area contributed by atoms with Crippen LogP contribution in [0.3, 0.4) is 0 Å². The van der Waals surface area contributed by atoms with E-state index >= 15 is 0 Å². The highest BCUT2D eigenvalue weighted by Gasteiger charge is 2.31. The molecule has 0 aliphatic rings. The van der Waals surface area contributed by atoms with Crippen molar-refractivity contribution in [3.8, 4) is 11.5 Å². The Balaban J connectivity index is 3.11. The van der Waals surface area contributed by atoms with E-state index in [1.807, 2.05) is 0 Å². The maximum absolute atomic E-state index is 12.2. The van der Waals surface area contributed by atoms with Crippen LogP contribution in [-0.4, -0.2) is 11.1 Å². The van der Waals surface area contributed by atoms with E-state index in [0.717, 1.165) is 13.0 Å². The van der Waals surface area contributed by atoms with E-state index in [0.29, 0.717) is 12.1 Å². The summed E-state index contributed by atoms with van der Waals surface area (Å²) in [6.45, 7) is 1.05. The first-order valence-corrected chi connectivity index (χ1v) is 3.88. The second-order valence-corrected chi connectivity index (χ2v) is 2.81. The molecule has 1 rings (SSSR count). The summed E-state index contributed by atoms with van der Waals surface area (Å²) in [5.41, 5.74) is -1.07. The number of halogens is 3. The first kappa shape index (κ1) is 11.4. The van der Waals surface area contributed by atoms with Gasteiger partial charge in [0.1, 0.15) is 11.5 Å². The number of phenols is 1. The Labute approximate surface area is 83.1 Å². The summed E-state index contributed by atoms with van der Waals surface area (Å²) >= 11 is 0. The molecule has 0 saturated carbocycles. The number of benzene rings is 1. The highest BCUT2D eigenvalue weighted by Crippen LogP contribution is 2.34. The fraction of sp³-hybridized carbons (Fsp3) is 0.222. The Morgan fingerprint density at radius 2 is 1.93 bits per heavy atom. The number of hydrogen-bond acceptors (Lipinski definition) is 3. The summed E-state index contributed by atoms with van der Waals surface area (Å²) in [5, 5.41) is 8.98. The number of hydrogen-bond donors (Lipinski definition) is 1. The lowest BCUT2D eigenvalue weighted by Crippen LogP contribution is -2.07. The second kappa shape index (κ2) is 3.80. The van der Waals surface area contributed by atoms with Crippen LogP contribution in [0.15, 0.2) is 18.2 Å². The number of alkyl halides is 3. The number of phenolic OH excluding ortho intramolecular Hbond substituents is 1. The maximum atomic E-state index is 12.2. The van der Waals surface area contributed by atoms with Gasteiger partial charge in [-0.15, -0.1) is 0 Å². The predicted octanol–water partition coefficient (Wildman–Crippen LogP) is 2.34. The van der Waals surface area contributed by atoms with Crippen LogP contribution in [-0.2, 0) is 11.0 Å². The van der Waals surface area contributed by atoms with Crippen molar-refractivity contribution in [3.05, 3.63) is 23.8 Å². The van der Waals surface area contributed by atoms with Crippen molar-refractivity contribution in [1.82, 2.24) is 0 Å². The number of carbonyl (C=O) groups is 1. The van der Waals surface area contributed by atoms with Gasteiger partial charge in [0.05, 0.1) is 5.56 Å². The Hall–Kier alpha value is -1.72. The van der Waals surface area contributed by atoms with Gasteiger partial charge in [-0.25, -0.2) is 0 Å². The van der Waals surface area contributed by atoms with Gasteiger partial charge in [-0.2, -0.15) is 13.2 Å². The Kier molecular flexibility index (Phi) is 2.88. The van der Waals surface area contributed by atoms with Gasteiger partial charge in [0.25, 0.3) is 0 Å². The Bertz CT molecular complexity index is 385. The maximum Gasteiger partial charge on any atom is 0.416 e. The summed E-state index contributed by atoms with van der Waals surface area (Å²) in [7, 11) is 0. The molecule has 0 bridgehead atoms. The molecule has 1 aromatic carbocycles. The van der Waals surface area contributed by atoms with E-state index in [2.05, 4.69) is 4.74 Å². The molecule has 82 valence electrons. The largest absolute Gasteiger partial charge is 0.508 e. The molecular weight excluding hydrogens is 213 g/mol. The predicted molar refractivity (Wildman–Crippen MR) is 44.4 cm³/mol. The van der Waals surface area contributed by atoms with E-state index in [4.69, 9.17) is 5.11 Å². The van der Waals surface area contributed by atoms with Gasteiger partial charge in [0.2, 0.25) is 0 Å². The molecule has 0 aromatic heterocycles. The number of esters is 1. The van der Waals surface area contributed by atoms with Crippen LogP contribution < -0.4 is 4.74 Å². The topological polar surface area (TPSA) is 46.5 Å². The van der Waals surface area contributed by atoms with E-state index in [9.17, 15) is 18.0 Å². The molecule has 0 aliphatic heterocycles. The zero-order valence-corrected chi connectivity index (χ0v) is 7.63. The van der Waals surface area contributed by atoms with Crippen molar-refractivity contribution >= 4 is 5.97 Å². The standard InChI is InChI=1S/C9H7F3O3/c1-5(13)15-8-3-6(9(10,11)12)2-7(14)4-8/h2-4,14H,1H3. The third kappa shape index (κ3) is 3.16. The second-order valence-electron chi connectivity index (χ2n) is 2.81. The smallest absolute Gasteiger partial charge is 0.416 e. The molecule has 0 saturated heterocycles. The molecule has 0 radical (unpaired) electrons. The van der Waals surface area contributed by atoms with Crippen LogP contribution in [0.5, 0.6) is 11.5 Å². The van der Waals surface area contributed by atoms with Gasteiger partial charge in [0, 0.05) is 13.0 Å². The average molecular weight is 220 g/mol. The Morgan fingerprint density at radius 3 is 2.40 bits per heavy atom. The van der Waals surface area contributed by atoms with Crippen molar-refractivity contribution in [1.29, 1.82) is 0 Å². The van der Waals surface area contributed by atoms with Crippen molar-refractivity contribution in [2.75, 3.05) is 0 Å². The average Bonchev–Trinajstić information content (AvgIpc) is 1.99. The summed E-state index contributed by atoms with van der Waals surface area (Å²) in [4.78, 5) is 10.5. The molecule has 0 heterocycles. The van der Waals surface area contributed by atoms with Crippen LogP contribution in [0.4, 0.5) is 13.2 Å². The molecule has 3 nitrogen and oxygen atoms in total. The molecule has 0 atom stereocenters. The van der Waals surface area contributed by atoms with E-state index in [1.54, 1.807) is 0 Å². The summed E-state index contributed by atoms with van der Waals surface area (Å²) in [6.07, 6.45) is -4.59. The molecule has 0 spiro atoms. The van der Waals surface area contributed by atoms with Crippen molar-refractivity contribution < 1.29 is 27.8 Å². The van der Waals surface area contributed by atoms with Gasteiger partial charge in [-0.05, 0) is 12.1 Å². The highest BCUT2D eigenvalue weighted by atomic mass is 19.4. The molecule has 0 amide bonds. The van der Waals surface area contributed by atoms with Gasteiger partial charge >= 0.3 is 12.1 Å². The molecule has 0 fully saturated rings. The minimum Gasteiger partial charge on any atom is -0.508 e. The highest BCUT2D eigenvalue weighted by molar-refractivity contribution is 5.69. The van der Waals surface area contributed by atoms with Crippen molar-refractivity contribution in [2.24, 2.45) is 0 Å². The van der Waals surface area contributed by atoms with Gasteiger partial charge < -0.3 is 9.84 Å².